The van der Waals surface area contributed by atoms with Gasteiger partial charge in [0.25, 0.3) is 0 Å². The number of carbonyl (C=O) groups is 1. The zero-order valence-electron chi connectivity index (χ0n) is 14.9. The van der Waals surface area contributed by atoms with E-state index in [-0.39, 0.29) is 12.0 Å². The van der Waals surface area contributed by atoms with E-state index >= 15 is 0 Å². The second-order valence-electron chi connectivity index (χ2n) is 7.00. The lowest BCUT2D eigenvalue weighted by molar-refractivity contribution is -0.170. The van der Waals surface area contributed by atoms with Gasteiger partial charge < -0.3 is 15.8 Å². The van der Waals surface area contributed by atoms with Crippen LogP contribution in [-0.2, 0) is 16.1 Å². The summed E-state index contributed by atoms with van der Waals surface area (Å²) in [6.45, 7) is 6.94. The molecule has 2 unspecified atom stereocenters. The summed E-state index contributed by atoms with van der Waals surface area (Å²) in [6, 6.07) is 5.60. The number of carbonyl (C=O) groups excluding carboxylic acids is 1. The molecule has 1 saturated carbocycles. The molecular weight excluding hydrogens is 318 g/mol. The van der Waals surface area contributed by atoms with E-state index in [2.05, 4.69) is 15.4 Å². The summed E-state index contributed by atoms with van der Waals surface area (Å²) in [4.78, 5) is 17.0. The number of nitrogens with two attached hydrogens (primary N) is 1. The van der Waals surface area contributed by atoms with Crippen LogP contribution in [0.3, 0.4) is 0 Å². The Labute approximate surface area is 147 Å². The van der Waals surface area contributed by atoms with Crippen LogP contribution in [0.1, 0.15) is 32.8 Å². The molecule has 0 aliphatic heterocycles. The molecule has 2 aromatic rings. The van der Waals surface area contributed by atoms with Crippen molar-refractivity contribution < 1.29 is 9.53 Å². The summed E-state index contributed by atoms with van der Waals surface area (Å²) < 4.78 is 7.36. The molecule has 0 radical (unpaired) electrons. The van der Waals surface area contributed by atoms with Crippen LogP contribution in [0.25, 0.3) is 5.82 Å². The van der Waals surface area contributed by atoms with Crippen molar-refractivity contribution in [3.05, 3.63) is 42.4 Å². The molecule has 3 rings (SSSR count). The lowest BCUT2D eigenvalue weighted by Crippen LogP contribution is -2.75. The average molecular weight is 343 g/mol. The minimum atomic E-state index is -0.912. The van der Waals surface area contributed by atoms with Gasteiger partial charge in [-0.3, -0.25) is 4.79 Å². The van der Waals surface area contributed by atoms with Gasteiger partial charge in [-0.15, -0.1) is 0 Å². The largest absolute Gasteiger partial charge is 0.378 e. The molecule has 7 nitrogen and oxygen atoms in total. The number of hydrogen-bond donors (Lipinski definition) is 2. The first-order valence-electron chi connectivity index (χ1n) is 8.52. The highest BCUT2D eigenvalue weighted by Gasteiger charge is 2.62. The maximum atomic E-state index is 12.7. The molecular formula is C18H25N5O2. The van der Waals surface area contributed by atoms with Crippen molar-refractivity contribution in [1.82, 2.24) is 20.1 Å². The van der Waals surface area contributed by atoms with Crippen molar-refractivity contribution in [3.63, 3.8) is 0 Å². The number of ether oxygens (including phenoxy) is 1. The van der Waals surface area contributed by atoms with Crippen molar-refractivity contribution in [2.24, 2.45) is 11.1 Å². The Balaban J connectivity index is 1.64. The maximum Gasteiger partial charge on any atom is 0.241 e. The summed E-state index contributed by atoms with van der Waals surface area (Å²) in [5, 5.41) is 7.12. The van der Waals surface area contributed by atoms with Crippen LogP contribution in [0.5, 0.6) is 0 Å². The fourth-order valence-corrected chi connectivity index (χ4v) is 3.26. The minimum absolute atomic E-state index is 0.0144. The van der Waals surface area contributed by atoms with E-state index in [9.17, 15) is 4.79 Å². The molecule has 0 saturated heterocycles. The van der Waals surface area contributed by atoms with E-state index < -0.39 is 11.0 Å². The molecule has 0 bridgehead atoms. The van der Waals surface area contributed by atoms with Crippen molar-refractivity contribution in [3.8, 4) is 5.82 Å². The third-order valence-corrected chi connectivity index (χ3v) is 5.24. The summed E-state index contributed by atoms with van der Waals surface area (Å²) in [7, 11) is 0. The van der Waals surface area contributed by atoms with Crippen LogP contribution in [0, 0.1) is 5.41 Å². The number of pyridine rings is 1. The smallest absolute Gasteiger partial charge is 0.241 e. The van der Waals surface area contributed by atoms with Gasteiger partial charge in [0.2, 0.25) is 5.91 Å². The van der Waals surface area contributed by atoms with Crippen LogP contribution in [0.15, 0.2) is 36.8 Å². The first-order valence-corrected chi connectivity index (χ1v) is 8.52. The molecule has 2 atom stereocenters. The summed E-state index contributed by atoms with van der Waals surface area (Å²) in [5.74, 6) is 0.561. The monoisotopic (exact) mass is 343 g/mol. The van der Waals surface area contributed by atoms with E-state index in [0.717, 1.165) is 5.56 Å². The van der Waals surface area contributed by atoms with E-state index in [1.807, 2.05) is 45.2 Å². The Kier molecular flexibility index (Phi) is 4.62. The van der Waals surface area contributed by atoms with E-state index in [1.165, 1.54) is 0 Å². The molecule has 7 heteroatoms. The van der Waals surface area contributed by atoms with Gasteiger partial charge in [-0.2, -0.15) is 5.10 Å². The van der Waals surface area contributed by atoms with E-state index in [1.54, 1.807) is 17.1 Å². The molecule has 2 heterocycles. The molecule has 1 fully saturated rings. The van der Waals surface area contributed by atoms with Crippen molar-refractivity contribution in [2.75, 3.05) is 6.61 Å². The van der Waals surface area contributed by atoms with Crippen LogP contribution in [-0.4, -0.2) is 38.9 Å². The number of nitrogens with zero attached hydrogens (tertiary/aromatic N) is 3. The van der Waals surface area contributed by atoms with Crippen LogP contribution in [0.2, 0.25) is 0 Å². The number of nitrogens with one attached hydrogen (secondary N) is 1. The van der Waals surface area contributed by atoms with Crippen LogP contribution < -0.4 is 11.1 Å². The zero-order chi connectivity index (χ0) is 18.1. The SMILES string of the molecule is CCOC1CC(N)(C(=O)NCc2ccnc(-n3cccn3)c2)C1(C)C. The topological polar surface area (TPSA) is 95.1 Å². The quantitative estimate of drug-likeness (QED) is 0.827. The van der Waals surface area contributed by atoms with Crippen LogP contribution >= 0.6 is 0 Å². The highest BCUT2D eigenvalue weighted by molar-refractivity contribution is 5.88. The summed E-state index contributed by atoms with van der Waals surface area (Å²) in [5.41, 5.74) is 6.03. The van der Waals surface area contributed by atoms with Gasteiger partial charge in [-0.1, -0.05) is 13.8 Å². The number of hydrogen-bond acceptors (Lipinski definition) is 5. The average Bonchev–Trinajstić information content (AvgIpc) is 3.14. The molecule has 1 amide bonds. The summed E-state index contributed by atoms with van der Waals surface area (Å²) in [6.07, 6.45) is 5.77. The van der Waals surface area contributed by atoms with Crippen molar-refractivity contribution in [2.45, 2.75) is 45.4 Å². The van der Waals surface area contributed by atoms with E-state index in [4.69, 9.17) is 10.5 Å². The Morgan fingerprint density at radius 2 is 2.28 bits per heavy atom. The lowest BCUT2D eigenvalue weighted by Gasteiger charge is -2.57. The minimum Gasteiger partial charge on any atom is -0.378 e. The molecule has 25 heavy (non-hydrogen) atoms. The molecule has 0 spiro atoms. The van der Waals surface area contributed by atoms with Gasteiger partial charge in [0.05, 0.1) is 6.10 Å². The Morgan fingerprint density at radius 1 is 1.48 bits per heavy atom. The van der Waals surface area contributed by atoms with Gasteiger partial charge in [0.15, 0.2) is 5.82 Å². The van der Waals surface area contributed by atoms with E-state index in [0.29, 0.717) is 25.4 Å². The van der Waals surface area contributed by atoms with Gasteiger partial charge >= 0.3 is 0 Å². The first kappa shape index (κ1) is 17.6. The third-order valence-electron chi connectivity index (χ3n) is 5.24. The fourth-order valence-electron chi connectivity index (χ4n) is 3.26. The number of rotatable bonds is 6. The zero-order valence-corrected chi connectivity index (χ0v) is 14.9. The Hall–Kier alpha value is -2.25. The normalized spacial score (nSPS) is 24.6. The van der Waals surface area contributed by atoms with Gasteiger partial charge in [0.1, 0.15) is 5.54 Å². The first-order chi connectivity index (χ1) is 11.9. The number of amides is 1. The molecule has 0 aromatic carbocycles. The van der Waals surface area contributed by atoms with Crippen LogP contribution in [0.4, 0.5) is 0 Å². The van der Waals surface area contributed by atoms with Gasteiger partial charge in [-0.25, -0.2) is 9.67 Å². The molecule has 1 aliphatic carbocycles. The Morgan fingerprint density at radius 3 is 2.92 bits per heavy atom. The van der Waals surface area contributed by atoms with Gasteiger partial charge in [-0.05, 0) is 30.7 Å². The maximum absolute atomic E-state index is 12.7. The predicted molar refractivity (Wildman–Crippen MR) is 93.9 cm³/mol. The third kappa shape index (κ3) is 3.05. The molecule has 2 aromatic heterocycles. The van der Waals surface area contributed by atoms with Crippen molar-refractivity contribution >= 4 is 5.91 Å². The fraction of sp³-hybridized carbons (Fsp3) is 0.500. The standard InChI is InChI=1S/C18H25N5O2/c1-4-25-14-11-18(19,17(14,2)3)16(24)21-12-13-6-8-20-15(10-13)23-9-5-7-22-23/h5-10,14H,4,11-12,19H2,1-3H3,(H,21,24). The lowest BCUT2D eigenvalue weighted by atomic mass is 9.54. The second kappa shape index (κ2) is 6.57. The molecule has 3 N–H and O–H groups in total. The highest BCUT2D eigenvalue weighted by atomic mass is 16.5. The summed E-state index contributed by atoms with van der Waals surface area (Å²) >= 11 is 0. The Bertz CT molecular complexity index is 744. The number of aromatic nitrogens is 3. The molecule has 1 aliphatic rings. The second-order valence-corrected chi connectivity index (χ2v) is 7.00. The predicted octanol–water partition coefficient (Wildman–Crippen LogP) is 1.42. The van der Waals surface area contributed by atoms with Gasteiger partial charge in [0, 0.05) is 43.6 Å². The van der Waals surface area contributed by atoms with Crippen molar-refractivity contribution in [1.29, 1.82) is 0 Å². The highest BCUT2D eigenvalue weighted by Crippen LogP contribution is 2.49. The molecule has 134 valence electrons.